The van der Waals surface area contributed by atoms with Crippen molar-refractivity contribution in [2.45, 2.75) is 38.7 Å². The van der Waals surface area contributed by atoms with E-state index in [2.05, 4.69) is 43.6 Å². The number of imidazole rings is 1. The fourth-order valence-electron chi connectivity index (χ4n) is 4.53. The SMILES string of the molecule is CN1CCN(c2nccn3c(-c4ccnc(CC(CNC(=O)OC(C)(C)C)c5ccsc5)n4)cnc23)CC1. The maximum Gasteiger partial charge on any atom is 0.407 e. The molecule has 0 aliphatic carbocycles. The van der Waals surface area contributed by atoms with Crippen molar-refractivity contribution in [3.05, 3.63) is 59.1 Å². The first kappa shape index (κ1) is 26.1. The summed E-state index contributed by atoms with van der Waals surface area (Å²) in [5.74, 6) is 1.61. The molecule has 0 bridgehead atoms. The van der Waals surface area contributed by atoms with Crippen LogP contribution in [0.2, 0.25) is 0 Å². The summed E-state index contributed by atoms with van der Waals surface area (Å²) in [6.45, 7) is 9.83. The van der Waals surface area contributed by atoms with Crippen molar-refractivity contribution < 1.29 is 9.53 Å². The highest BCUT2D eigenvalue weighted by atomic mass is 32.1. The normalized spacial score (nSPS) is 15.5. The number of thiophene rings is 1. The van der Waals surface area contributed by atoms with Crippen LogP contribution in [0.25, 0.3) is 17.0 Å². The third-order valence-corrected chi connectivity index (χ3v) is 7.22. The Morgan fingerprint density at radius 3 is 2.68 bits per heavy atom. The maximum absolute atomic E-state index is 12.3. The number of amides is 1. The average molecular weight is 535 g/mol. The quantitative estimate of drug-likeness (QED) is 0.382. The molecule has 0 spiro atoms. The zero-order valence-corrected chi connectivity index (χ0v) is 23.1. The first-order valence-electron chi connectivity index (χ1n) is 12.8. The van der Waals surface area contributed by atoms with Gasteiger partial charge < -0.3 is 19.9 Å². The molecule has 0 aromatic carbocycles. The van der Waals surface area contributed by atoms with E-state index in [4.69, 9.17) is 14.7 Å². The van der Waals surface area contributed by atoms with Crippen LogP contribution in [0.5, 0.6) is 0 Å². The zero-order valence-electron chi connectivity index (χ0n) is 22.3. The molecule has 5 rings (SSSR count). The van der Waals surface area contributed by atoms with E-state index in [9.17, 15) is 4.79 Å². The smallest absolute Gasteiger partial charge is 0.407 e. The number of alkyl carbamates (subject to hydrolysis) is 1. The number of carbonyl (C=O) groups is 1. The lowest BCUT2D eigenvalue weighted by molar-refractivity contribution is 0.0524. The molecular formula is C27H34N8O2S. The largest absolute Gasteiger partial charge is 0.444 e. The summed E-state index contributed by atoms with van der Waals surface area (Å²) < 4.78 is 7.47. The van der Waals surface area contributed by atoms with Crippen LogP contribution in [-0.2, 0) is 11.2 Å². The van der Waals surface area contributed by atoms with Crippen molar-refractivity contribution in [2.75, 3.05) is 44.7 Å². The van der Waals surface area contributed by atoms with Gasteiger partial charge in [0.25, 0.3) is 0 Å². The monoisotopic (exact) mass is 534 g/mol. The Labute approximate surface area is 226 Å². The molecule has 1 N–H and O–H groups in total. The molecule has 10 nitrogen and oxygen atoms in total. The minimum Gasteiger partial charge on any atom is -0.444 e. The number of anilines is 1. The van der Waals surface area contributed by atoms with Crippen molar-refractivity contribution >= 4 is 28.9 Å². The van der Waals surface area contributed by atoms with Crippen LogP contribution in [0.15, 0.2) is 47.7 Å². The molecule has 1 aliphatic rings. The standard InChI is InChI=1S/C27H34N8O2S/c1-27(2,3)37-26(36)31-16-20(19-6-14-38-18-19)15-23-28-7-5-21(32-23)22-17-30-25-24(29-8-9-35(22)25)34-12-10-33(4)11-13-34/h5-9,14,17-18,20H,10-13,15-16H2,1-4H3,(H,31,36). The summed E-state index contributed by atoms with van der Waals surface area (Å²) in [6, 6.07) is 3.98. The Morgan fingerprint density at radius 1 is 1.13 bits per heavy atom. The topological polar surface area (TPSA) is 101 Å². The second-order valence-corrected chi connectivity index (χ2v) is 11.4. The predicted octanol–water partition coefficient (Wildman–Crippen LogP) is 3.85. The van der Waals surface area contributed by atoms with Gasteiger partial charge in [0.15, 0.2) is 11.5 Å². The van der Waals surface area contributed by atoms with Crippen LogP contribution in [0.4, 0.5) is 10.6 Å². The van der Waals surface area contributed by atoms with Gasteiger partial charge >= 0.3 is 6.09 Å². The summed E-state index contributed by atoms with van der Waals surface area (Å²) in [5, 5.41) is 7.05. The number of aromatic nitrogens is 5. The van der Waals surface area contributed by atoms with Gasteiger partial charge in [0.1, 0.15) is 11.4 Å². The fraction of sp³-hybridized carbons (Fsp3) is 0.444. The number of ether oxygens (including phenoxy) is 1. The molecule has 0 radical (unpaired) electrons. The molecule has 1 amide bonds. The summed E-state index contributed by atoms with van der Waals surface area (Å²) >= 11 is 1.63. The summed E-state index contributed by atoms with van der Waals surface area (Å²) in [5.41, 5.74) is 3.10. The molecule has 1 unspecified atom stereocenters. The Bertz CT molecular complexity index is 1370. The van der Waals surface area contributed by atoms with E-state index in [-0.39, 0.29) is 5.92 Å². The van der Waals surface area contributed by atoms with Gasteiger partial charge in [0.05, 0.1) is 17.6 Å². The lowest BCUT2D eigenvalue weighted by Crippen LogP contribution is -2.45. The minimum absolute atomic E-state index is 0.0132. The van der Waals surface area contributed by atoms with Gasteiger partial charge in [-0.05, 0) is 56.3 Å². The van der Waals surface area contributed by atoms with Crippen LogP contribution >= 0.6 is 11.3 Å². The Hall–Kier alpha value is -3.57. The Kier molecular flexibility index (Phi) is 7.57. The lowest BCUT2D eigenvalue weighted by Gasteiger charge is -2.33. The van der Waals surface area contributed by atoms with Gasteiger partial charge in [-0.3, -0.25) is 4.40 Å². The molecule has 4 aromatic rings. The summed E-state index contributed by atoms with van der Waals surface area (Å²) in [7, 11) is 2.14. The van der Waals surface area contributed by atoms with Crippen molar-refractivity contribution in [3.63, 3.8) is 0 Å². The number of nitrogens with zero attached hydrogens (tertiary/aromatic N) is 7. The zero-order chi connectivity index (χ0) is 26.7. The third kappa shape index (κ3) is 6.11. The Morgan fingerprint density at radius 2 is 1.95 bits per heavy atom. The van der Waals surface area contributed by atoms with Crippen LogP contribution < -0.4 is 10.2 Å². The van der Waals surface area contributed by atoms with Crippen molar-refractivity contribution in [2.24, 2.45) is 0 Å². The number of piperazine rings is 1. The highest BCUT2D eigenvalue weighted by Gasteiger charge is 2.22. The van der Waals surface area contributed by atoms with Gasteiger partial charge in [-0.1, -0.05) is 0 Å². The maximum atomic E-state index is 12.3. The second kappa shape index (κ2) is 11.0. The molecule has 5 heterocycles. The highest BCUT2D eigenvalue weighted by molar-refractivity contribution is 7.08. The van der Waals surface area contributed by atoms with E-state index in [1.54, 1.807) is 17.5 Å². The van der Waals surface area contributed by atoms with E-state index >= 15 is 0 Å². The van der Waals surface area contributed by atoms with Crippen LogP contribution in [0.1, 0.15) is 38.1 Å². The first-order chi connectivity index (χ1) is 18.3. The number of rotatable bonds is 7. The molecule has 0 saturated carbocycles. The number of nitrogens with one attached hydrogen (secondary N) is 1. The van der Waals surface area contributed by atoms with Crippen LogP contribution in [0, 0.1) is 0 Å². The first-order valence-corrected chi connectivity index (χ1v) is 13.8. The summed E-state index contributed by atoms with van der Waals surface area (Å²) in [4.78, 5) is 35.7. The number of likely N-dealkylation sites (N-methyl/N-ethyl adjacent to an activating group) is 1. The third-order valence-electron chi connectivity index (χ3n) is 6.52. The van der Waals surface area contributed by atoms with Crippen molar-refractivity contribution in [1.82, 2.24) is 34.6 Å². The number of fused-ring (bicyclic) bond motifs is 1. The number of carbonyl (C=O) groups excluding carboxylic acids is 1. The van der Waals surface area contributed by atoms with Crippen molar-refractivity contribution in [1.29, 1.82) is 0 Å². The fourth-order valence-corrected chi connectivity index (χ4v) is 5.28. The molecule has 1 aliphatic heterocycles. The molecule has 1 atom stereocenters. The predicted molar refractivity (Wildman–Crippen MR) is 149 cm³/mol. The molecule has 200 valence electrons. The Balaban J connectivity index is 1.36. The van der Waals surface area contributed by atoms with E-state index in [0.29, 0.717) is 18.8 Å². The lowest BCUT2D eigenvalue weighted by atomic mass is 9.98. The van der Waals surface area contributed by atoms with Crippen LogP contribution in [-0.4, -0.2) is 80.7 Å². The molecule has 4 aromatic heterocycles. The van der Waals surface area contributed by atoms with E-state index in [1.807, 2.05) is 55.2 Å². The molecule has 1 saturated heterocycles. The van der Waals surface area contributed by atoms with Crippen LogP contribution in [0.3, 0.4) is 0 Å². The van der Waals surface area contributed by atoms with Gasteiger partial charge in [0.2, 0.25) is 0 Å². The molecule has 1 fully saturated rings. The van der Waals surface area contributed by atoms with Gasteiger partial charge in [-0.2, -0.15) is 11.3 Å². The number of hydrogen-bond acceptors (Lipinski definition) is 9. The molecular weight excluding hydrogens is 500 g/mol. The average Bonchev–Trinajstić information content (AvgIpc) is 3.57. The minimum atomic E-state index is -0.548. The van der Waals surface area contributed by atoms with Gasteiger partial charge in [-0.15, -0.1) is 0 Å². The second-order valence-electron chi connectivity index (χ2n) is 10.6. The summed E-state index contributed by atoms with van der Waals surface area (Å²) in [6.07, 6.45) is 7.53. The van der Waals surface area contributed by atoms with E-state index in [1.165, 1.54) is 0 Å². The van der Waals surface area contributed by atoms with Gasteiger partial charge in [0, 0.05) is 63.7 Å². The van der Waals surface area contributed by atoms with E-state index in [0.717, 1.165) is 54.6 Å². The number of hydrogen-bond donors (Lipinski definition) is 1. The highest BCUT2D eigenvalue weighted by Crippen LogP contribution is 2.26. The van der Waals surface area contributed by atoms with Crippen molar-refractivity contribution in [3.8, 4) is 11.4 Å². The molecule has 38 heavy (non-hydrogen) atoms. The molecule has 11 heteroatoms. The van der Waals surface area contributed by atoms with E-state index < -0.39 is 11.7 Å². The van der Waals surface area contributed by atoms with Gasteiger partial charge in [-0.25, -0.2) is 24.7 Å².